The van der Waals surface area contributed by atoms with Gasteiger partial charge in [-0.15, -0.1) is 0 Å². The molecule has 0 saturated carbocycles. The van der Waals surface area contributed by atoms with Crippen LogP contribution in [0.1, 0.15) is 22.3 Å². The number of halogens is 8. The maximum absolute atomic E-state index is 15.2. The van der Waals surface area contributed by atoms with Crippen molar-refractivity contribution in [1.29, 1.82) is 5.26 Å². The quantitative estimate of drug-likeness (QED) is 0.164. The van der Waals surface area contributed by atoms with Crippen molar-refractivity contribution < 1.29 is 35.1 Å². The zero-order valence-electron chi connectivity index (χ0n) is 24.9. The molecule has 0 unspecified atom stereocenters. The first-order chi connectivity index (χ1) is 22.9. The Morgan fingerprint density at radius 2 is 0.854 bits per heavy atom. The third-order valence-electron chi connectivity index (χ3n) is 8.02. The molecule has 0 amide bonds. The topological polar surface area (TPSA) is 23.8 Å². The number of nitrogens with zero attached hydrogens (tertiary/aromatic N) is 1. The predicted molar refractivity (Wildman–Crippen MR) is 167 cm³/mol. The molecule has 0 aliphatic carbocycles. The maximum atomic E-state index is 15.2. The molecule has 0 aliphatic heterocycles. The van der Waals surface area contributed by atoms with E-state index in [-0.39, 0.29) is 45.4 Å². The number of rotatable bonds is 6. The lowest BCUT2D eigenvalue weighted by atomic mass is 9.95. The van der Waals surface area contributed by atoms with Crippen molar-refractivity contribution in [2.75, 3.05) is 0 Å². The fraction of sp³-hybridized carbons (Fsp3) is 0.0513. The van der Waals surface area contributed by atoms with Gasteiger partial charge in [0.05, 0.1) is 16.7 Å². The molecule has 6 rings (SSSR count). The Labute approximate surface area is 270 Å². The summed E-state index contributed by atoms with van der Waals surface area (Å²) in [6.07, 6.45) is 0.0565. The molecule has 1 nitrogen and oxygen atoms in total. The van der Waals surface area contributed by atoms with E-state index in [4.69, 9.17) is 5.26 Å². The molecule has 0 radical (unpaired) electrons. The molecule has 6 aromatic rings. The van der Waals surface area contributed by atoms with Crippen LogP contribution in [0.15, 0.2) is 97.1 Å². The van der Waals surface area contributed by atoms with Gasteiger partial charge in [0.25, 0.3) is 0 Å². The summed E-state index contributed by atoms with van der Waals surface area (Å²) in [5.41, 5.74) is -0.651. The van der Waals surface area contributed by atoms with Gasteiger partial charge in [0, 0.05) is 11.1 Å². The van der Waals surface area contributed by atoms with Crippen LogP contribution >= 0.6 is 0 Å². The molecule has 0 bridgehead atoms. The van der Waals surface area contributed by atoms with Crippen molar-refractivity contribution in [1.82, 2.24) is 0 Å². The molecule has 48 heavy (non-hydrogen) atoms. The Kier molecular flexibility index (Phi) is 8.59. The van der Waals surface area contributed by atoms with Gasteiger partial charge in [0.15, 0.2) is 0 Å². The maximum Gasteiger partial charge on any atom is 0.141 e. The second-order valence-corrected chi connectivity index (χ2v) is 11.2. The van der Waals surface area contributed by atoms with Gasteiger partial charge < -0.3 is 0 Å². The lowest BCUT2D eigenvalue weighted by Crippen LogP contribution is -1.97. The summed E-state index contributed by atoms with van der Waals surface area (Å²) in [5, 5.41) is 8.89. The number of nitriles is 1. The largest absolute Gasteiger partial charge is 0.207 e. The van der Waals surface area contributed by atoms with Crippen molar-refractivity contribution in [3.8, 4) is 50.6 Å². The molecule has 9 heteroatoms. The number of hydrogen-bond acceptors (Lipinski definition) is 1. The smallest absolute Gasteiger partial charge is 0.141 e. The molecular formula is C39H21F8N. The van der Waals surface area contributed by atoms with Crippen LogP contribution in [0.4, 0.5) is 35.1 Å². The molecule has 0 aromatic heterocycles. The van der Waals surface area contributed by atoms with Crippen molar-refractivity contribution in [3.63, 3.8) is 0 Å². The summed E-state index contributed by atoms with van der Waals surface area (Å²) in [4.78, 5) is 0. The Balaban J connectivity index is 1.23. The van der Waals surface area contributed by atoms with E-state index in [9.17, 15) is 8.78 Å². The van der Waals surface area contributed by atoms with E-state index in [1.807, 2.05) is 0 Å². The third-order valence-corrected chi connectivity index (χ3v) is 8.02. The van der Waals surface area contributed by atoms with Crippen molar-refractivity contribution in [3.05, 3.63) is 166 Å². The average molecular weight is 656 g/mol. The predicted octanol–water partition coefficient (Wildman–Crippen LogP) is 11.2. The highest BCUT2D eigenvalue weighted by Crippen LogP contribution is 2.35. The Morgan fingerprint density at radius 3 is 1.25 bits per heavy atom. The van der Waals surface area contributed by atoms with Crippen LogP contribution in [0.3, 0.4) is 0 Å². The Hall–Kier alpha value is -5.75. The normalized spacial score (nSPS) is 11.1. The van der Waals surface area contributed by atoms with Crippen LogP contribution in [-0.2, 0) is 6.42 Å². The highest BCUT2D eigenvalue weighted by Gasteiger charge is 2.19. The van der Waals surface area contributed by atoms with Gasteiger partial charge in [-0.2, -0.15) is 5.26 Å². The summed E-state index contributed by atoms with van der Waals surface area (Å²) in [5.74, 6) is -7.27. The van der Waals surface area contributed by atoms with Crippen LogP contribution in [-0.4, -0.2) is 0 Å². The molecule has 0 fully saturated rings. The first-order valence-electron chi connectivity index (χ1n) is 14.5. The minimum Gasteiger partial charge on any atom is -0.207 e. The summed E-state index contributed by atoms with van der Waals surface area (Å²) >= 11 is 0. The lowest BCUT2D eigenvalue weighted by molar-refractivity contribution is 0.587. The van der Waals surface area contributed by atoms with Crippen molar-refractivity contribution >= 4 is 0 Å². The van der Waals surface area contributed by atoms with Crippen LogP contribution < -0.4 is 0 Å². The van der Waals surface area contributed by atoms with Crippen LogP contribution in [0.2, 0.25) is 0 Å². The van der Waals surface area contributed by atoms with Gasteiger partial charge in [-0.1, -0.05) is 42.5 Å². The van der Waals surface area contributed by atoms with Gasteiger partial charge in [-0.05, 0) is 107 Å². The van der Waals surface area contributed by atoms with E-state index < -0.39 is 57.7 Å². The van der Waals surface area contributed by atoms with E-state index in [1.165, 1.54) is 49.4 Å². The monoisotopic (exact) mass is 655 g/mol. The molecule has 0 N–H and O–H groups in total. The van der Waals surface area contributed by atoms with E-state index in [1.54, 1.807) is 6.07 Å². The fourth-order valence-electron chi connectivity index (χ4n) is 5.56. The van der Waals surface area contributed by atoms with Crippen molar-refractivity contribution in [2.45, 2.75) is 13.3 Å². The molecule has 0 heterocycles. The summed E-state index contributed by atoms with van der Waals surface area (Å²) in [6, 6.07) is 20.3. The number of benzene rings is 6. The zero-order valence-corrected chi connectivity index (χ0v) is 24.9. The zero-order chi connectivity index (χ0) is 34.3. The van der Waals surface area contributed by atoms with Crippen LogP contribution in [0, 0.1) is 64.8 Å². The SMILES string of the molecule is Cc1ccc(-c2c(F)cc(-c3ccc(Cc4ccc(-c5cc(F)c(-c6ccc(C#N)c(F)c6)c(F)c5)c(F)c4)cc3F)cc2F)cc1F. The summed E-state index contributed by atoms with van der Waals surface area (Å²) in [7, 11) is 0. The van der Waals surface area contributed by atoms with Gasteiger partial charge in [-0.25, -0.2) is 35.1 Å². The first-order valence-corrected chi connectivity index (χ1v) is 14.5. The molecular weight excluding hydrogens is 634 g/mol. The summed E-state index contributed by atoms with van der Waals surface area (Å²) in [6.45, 7) is 1.52. The highest BCUT2D eigenvalue weighted by atomic mass is 19.2. The van der Waals surface area contributed by atoms with Crippen LogP contribution in [0.5, 0.6) is 0 Å². The van der Waals surface area contributed by atoms with Gasteiger partial charge in [0.2, 0.25) is 0 Å². The summed E-state index contributed by atoms with van der Waals surface area (Å²) < 4.78 is 119. The average Bonchev–Trinajstić information content (AvgIpc) is 3.02. The third kappa shape index (κ3) is 6.17. The minimum atomic E-state index is -1.06. The highest BCUT2D eigenvalue weighted by molar-refractivity contribution is 5.74. The molecule has 0 saturated heterocycles. The molecule has 0 spiro atoms. The second-order valence-electron chi connectivity index (χ2n) is 11.2. The molecule has 6 aromatic carbocycles. The van der Waals surface area contributed by atoms with E-state index in [0.29, 0.717) is 16.7 Å². The van der Waals surface area contributed by atoms with Gasteiger partial charge >= 0.3 is 0 Å². The standard InChI is InChI=1S/C39H21F8N/c1-20-2-5-23(13-30(20)40)38-34(44)15-26(16-35(38)45)28-8-3-21(11-32(28)42)10-22-4-9-29(33(43)12-22)27-17-36(46)39(37(47)18-27)24-6-7-25(19-48)31(41)14-24/h2-9,11-18H,10H2,1H3. The Bertz CT molecular complexity index is 2240. The van der Waals surface area contributed by atoms with Crippen LogP contribution in [0.25, 0.3) is 44.5 Å². The molecule has 0 atom stereocenters. The fourth-order valence-corrected chi connectivity index (χ4v) is 5.56. The lowest BCUT2D eigenvalue weighted by Gasteiger charge is -2.12. The van der Waals surface area contributed by atoms with E-state index in [2.05, 4.69) is 0 Å². The minimum absolute atomic E-state index is 0.000732. The molecule has 238 valence electrons. The van der Waals surface area contributed by atoms with E-state index >= 15 is 26.3 Å². The van der Waals surface area contributed by atoms with E-state index in [0.717, 1.165) is 54.6 Å². The number of aryl methyl sites for hydroxylation is 1. The number of hydrogen-bond donors (Lipinski definition) is 0. The second kappa shape index (κ2) is 12.8. The van der Waals surface area contributed by atoms with Gasteiger partial charge in [-0.3, -0.25) is 0 Å². The van der Waals surface area contributed by atoms with Gasteiger partial charge in [0.1, 0.15) is 52.6 Å². The first kappa shape index (κ1) is 32.2. The molecule has 0 aliphatic rings. The van der Waals surface area contributed by atoms with Crippen molar-refractivity contribution in [2.24, 2.45) is 0 Å². The Morgan fingerprint density at radius 1 is 0.438 bits per heavy atom.